The normalized spacial score (nSPS) is 23.8. The number of sulfonamides is 1. The number of piperidine rings is 1. The van der Waals surface area contributed by atoms with Gasteiger partial charge >= 0.3 is 0 Å². The molecule has 1 fully saturated rings. The Bertz CT molecular complexity index is 560. The van der Waals surface area contributed by atoms with Gasteiger partial charge in [-0.3, -0.25) is 4.68 Å². The van der Waals surface area contributed by atoms with Gasteiger partial charge in [-0.1, -0.05) is 13.8 Å². The maximum absolute atomic E-state index is 12.0. The van der Waals surface area contributed by atoms with E-state index in [2.05, 4.69) is 28.6 Å². The first-order valence-electron chi connectivity index (χ1n) is 8.07. The summed E-state index contributed by atoms with van der Waals surface area (Å²) in [6.45, 7) is 8.51. The lowest BCUT2D eigenvalue weighted by molar-refractivity contribution is 0.139. The highest BCUT2D eigenvalue weighted by Gasteiger charge is 2.21. The van der Waals surface area contributed by atoms with Crippen LogP contribution in [0.4, 0.5) is 0 Å². The van der Waals surface area contributed by atoms with E-state index in [0.29, 0.717) is 6.54 Å². The molecule has 0 aliphatic carbocycles. The van der Waals surface area contributed by atoms with Crippen molar-refractivity contribution in [3.63, 3.8) is 0 Å². The van der Waals surface area contributed by atoms with Crippen LogP contribution in [0.2, 0.25) is 0 Å². The highest BCUT2D eigenvalue weighted by Crippen LogP contribution is 2.20. The molecule has 22 heavy (non-hydrogen) atoms. The topological polar surface area (TPSA) is 67.2 Å². The third-order valence-corrected chi connectivity index (χ3v) is 5.54. The van der Waals surface area contributed by atoms with Crippen molar-refractivity contribution in [2.75, 3.05) is 26.2 Å². The number of aryl methyl sites for hydroxylation is 1. The third-order valence-electron chi connectivity index (χ3n) is 4.13. The summed E-state index contributed by atoms with van der Waals surface area (Å²) in [5.41, 5.74) is 0. The van der Waals surface area contributed by atoms with Crippen LogP contribution in [-0.4, -0.2) is 49.3 Å². The zero-order valence-electron chi connectivity index (χ0n) is 13.8. The van der Waals surface area contributed by atoms with Crippen LogP contribution in [0.5, 0.6) is 0 Å². The Balaban J connectivity index is 1.67. The third kappa shape index (κ3) is 5.07. The molecule has 1 aliphatic heterocycles. The number of hydrogen-bond acceptors (Lipinski definition) is 4. The van der Waals surface area contributed by atoms with Crippen LogP contribution in [0.3, 0.4) is 0 Å². The summed E-state index contributed by atoms with van der Waals surface area (Å²) in [5.74, 6) is 1.54. The average molecular weight is 328 g/mol. The molecule has 1 saturated heterocycles. The van der Waals surface area contributed by atoms with Gasteiger partial charge in [-0.05, 0) is 37.6 Å². The second-order valence-electron chi connectivity index (χ2n) is 6.66. The van der Waals surface area contributed by atoms with E-state index in [1.165, 1.54) is 36.6 Å². The van der Waals surface area contributed by atoms with E-state index >= 15 is 0 Å². The first kappa shape index (κ1) is 17.4. The van der Waals surface area contributed by atoms with Crippen LogP contribution >= 0.6 is 0 Å². The summed E-state index contributed by atoms with van der Waals surface area (Å²) in [5, 5.41) is 3.89. The largest absolute Gasteiger partial charge is 0.303 e. The number of unbranched alkanes of at least 4 members (excludes halogenated alkanes) is 1. The number of hydrogen-bond donors (Lipinski definition) is 1. The number of nitrogens with one attached hydrogen (secondary N) is 1. The van der Waals surface area contributed by atoms with Crippen molar-refractivity contribution < 1.29 is 8.42 Å². The lowest BCUT2D eigenvalue weighted by atomic mass is 9.92. The predicted octanol–water partition coefficient (Wildman–Crippen LogP) is 1.46. The fourth-order valence-electron chi connectivity index (χ4n) is 3.26. The SMILES string of the molecule is C[C@@H]1C[C@H](C)CN(CCCCNS(=O)(=O)c2cnn(C)c2)C1. The number of likely N-dealkylation sites (tertiary alicyclic amines) is 1. The van der Waals surface area contributed by atoms with Crippen molar-refractivity contribution in [3.8, 4) is 0 Å². The average Bonchev–Trinajstić information content (AvgIpc) is 2.84. The number of nitrogens with zero attached hydrogens (tertiary/aromatic N) is 3. The van der Waals surface area contributed by atoms with Gasteiger partial charge < -0.3 is 4.90 Å². The summed E-state index contributed by atoms with van der Waals surface area (Å²) in [6, 6.07) is 0. The van der Waals surface area contributed by atoms with Crippen LogP contribution < -0.4 is 4.72 Å². The van der Waals surface area contributed by atoms with Crippen molar-refractivity contribution >= 4 is 10.0 Å². The molecule has 6 nitrogen and oxygen atoms in total. The fourth-order valence-corrected chi connectivity index (χ4v) is 4.32. The van der Waals surface area contributed by atoms with Crippen LogP contribution in [0.25, 0.3) is 0 Å². The molecule has 2 heterocycles. The first-order valence-corrected chi connectivity index (χ1v) is 9.56. The quantitative estimate of drug-likeness (QED) is 0.770. The Morgan fingerprint density at radius 1 is 1.27 bits per heavy atom. The molecule has 0 amide bonds. The lowest BCUT2D eigenvalue weighted by Gasteiger charge is -2.34. The smallest absolute Gasteiger partial charge is 0.243 e. The first-order chi connectivity index (χ1) is 10.4. The Hall–Kier alpha value is -0.920. The maximum atomic E-state index is 12.0. The zero-order valence-corrected chi connectivity index (χ0v) is 14.6. The highest BCUT2D eigenvalue weighted by atomic mass is 32.2. The second kappa shape index (κ2) is 7.57. The Labute approximate surface area is 133 Å². The van der Waals surface area contributed by atoms with Gasteiger partial charge in [0.05, 0.1) is 6.20 Å². The standard InChI is InChI=1S/C15H28N4O2S/c1-13-8-14(2)11-19(10-13)7-5-4-6-17-22(20,21)15-9-16-18(3)12-15/h9,12-14,17H,4-8,10-11H2,1-3H3/t13-,14+. The molecule has 1 aromatic rings. The molecule has 0 unspecified atom stereocenters. The predicted molar refractivity (Wildman–Crippen MR) is 87.0 cm³/mol. The molecule has 126 valence electrons. The molecule has 1 N–H and O–H groups in total. The molecule has 0 saturated carbocycles. The van der Waals surface area contributed by atoms with Crippen LogP contribution in [-0.2, 0) is 17.1 Å². The molecule has 7 heteroatoms. The van der Waals surface area contributed by atoms with Gasteiger partial charge in [0.15, 0.2) is 0 Å². The van der Waals surface area contributed by atoms with Gasteiger partial charge in [0, 0.05) is 32.9 Å². The molecular weight excluding hydrogens is 300 g/mol. The highest BCUT2D eigenvalue weighted by molar-refractivity contribution is 7.89. The van der Waals surface area contributed by atoms with Gasteiger partial charge in [0.2, 0.25) is 10.0 Å². The van der Waals surface area contributed by atoms with Crippen LogP contribution in [0.1, 0.15) is 33.1 Å². The minimum atomic E-state index is -3.41. The molecule has 2 atom stereocenters. The van der Waals surface area contributed by atoms with Crippen molar-refractivity contribution in [2.24, 2.45) is 18.9 Å². The molecule has 0 aromatic carbocycles. The molecule has 1 aromatic heterocycles. The minimum Gasteiger partial charge on any atom is -0.303 e. The van der Waals surface area contributed by atoms with Crippen molar-refractivity contribution in [1.29, 1.82) is 0 Å². The van der Waals surface area contributed by atoms with E-state index in [4.69, 9.17) is 0 Å². The van der Waals surface area contributed by atoms with Crippen molar-refractivity contribution in [1.82, 2.24) is 19.4 Å². The van der Waals surface area contributed by atoms with Gasteiger partial charge in [0.25, 0.3) is 0 Å². The minimum absolute atomic E-state index is 0.230. The van der Waals surface area contributed by atoms with E-state index < -0.39 is 10.0 Å². The maximum Gasteiger partial charge on any atom is 0.243 e. The van der Waals surface area contributed by atoms with Gasteiger partial charge in [-0.25, -0.2) is 13.1 Å². The van der Waals surface area contributed by atoms with E-state index in [1.807, 2.05) is 0 Å². The van der Waals surface area contributed by atoms with Gasteiger partial charge in [-0.15, -0.1) is 0 Å². The van der Waals surface area contributed by atoms with E-state index in [-0.39, 0.29) is 4.90 Å². The molecule has 0 spiro atoms. The number of aromatic nitrogens is 2. The summed E-state index contributed by atoms with van der Waals surface area (Å²) in [7, 11) is -1.70. The second-order valence-corrected chi connectivity index (χ2v) is 8.43. The molecule has 1 aliphatic rings. The van der Waals surface area contributed by atoms with Crippen molar-refractivity contribution in [2.45, 2.75) is 38.0 Å². The Morgan fingerprint density at radius 2 is 1.95 bits per heavy atom. The fraction of sp³-hybridized carbons (Fsp3) is 0.800. The zero-order chi connectivity index (χ0) is 16.2. The molecule has 0 bridgehead atoms. The molecular formula is C15H28N4O2S. The number of rotatable bonds is 7. The summed E-state index contributed by atoms with van der Waals surface area (Å²) in [6.07, 6.45) is 6.09. The summed E-state index contributed by atoms with van der Waals surface area (Å²) < 4.78 is 28.2. The summed E-state index contributed by atoms with van der Waals surface area (Å²) in [4.78, 5) is 2.74. The van der Waals surface area contributed by atoms with Crippen LogP contribution in [0, 0.1) is 11.8 Å². The monoisotopic (exact) mass is 328 g/mol. The van der Waals surface area contributed by atoms with Crippen molar-refractivity contribution in [3.05, 3.63) is 12.4 Å². The molecule has 2 rings (SSSR count). The molecule has 0 radical (unpaired) electrons. The Morgan fingerprint density at radius 3 is 2.55 bits per heavy atom. The van der Waals surface area contributed by atoms with E-state index in [9.17, 15) is 8.42 Å². The van der Waals surface area contributed by atoms with E-state index in [0.717, 1.165) is 31.2 Å². The Kier molecular flexibility index (Phi) is 6.00. The van der Waals surface area contributed by atoms with Crippen LogP contribution in [0.15, 0.2) is 17.3 Å². The van der Waals surface area contributed by atoms with Gasteiger partial charge in [0.1, 0.15) is 4.90 Å². The lowest BCUT2D eigenvalue weighted by Crippen LogP contribution is -2.39. The summed E-state index contributed by atoms with van der Waals surface area (Å²) >= 11 is 0. The van der Waals surface area contributed by atoms with Gasteiger partial charge in [-0.2, -0.15) is 5.10 Å². The van der Waals surface area contributed by atoms with E-state index in [1.54, 1.807) is 7.05 Å².